The van der Waals surface area contributed by atoms with Gasteiger partial charge >= 0.3 is 0 Å². The molecule has 2 aromatic rings. The number of aromatic hydroxyl groups is 1. The Balaban J connectivity index is 2.57. The maximum Gasteiger partial charge on any atom is 0.152 e. The SMILES string of the molecule is Oc1c(Cl)cc(-n2cncn2)cc1Cl. The van der Waals surface area contributed by atoms with Crippen molar-refractivity contribution < 1.29 is 5.11 Å². The van der Waals surface area contributed by atoms with Crippen molar-refractivity contribution in [2.24, 2.45) is 0 Å². The predicted octanol–water partition coefficient (Wildman–Crippen LogP) is 2.28. The second-order valence-corrected chi connectivity index (χ2v) is 3.41. The summed E-state index contributed by atoms with van der Waals surface area (Å²) in [4.78, 5) is 3.78. The summed E-state index contributed by atoms with van der Waals surface area (Å²) >= 11 is 11.5. The third kappa shape index (κ3) is 1.54. The molecule has 1 aromatic carbocycles. The zero-order valence-corrected chi connectivity index (χ0v) is 8.37. The Morgan fingerprint density at radius 2 is 1.86 bits per heavy atom. The van der Waals surface area contributed by atoms with E-state index in [2.05, 4.69) is 10.1 Å². The van der Waals surface area contributed by atoms with Crippen LogP contribution in [-0.2, 0) is 0 Å². The Morgan fingerprint density at radius 1 is 1.21 bits per heavy atom. The lowest BCUT2D eigenvalue weighted by atomic mass is 10.3. The minimum absolute atomic E-state index is 0.128. The van der Waals surface area contributed by atoms with Gasteiger partial charge in [0.25, 0.3) is 0 Å². The van der Waals surface area contributed by atoms with Crippen molar-refractivity contribution >= 4 is 23.2 Å². The highest BCUT2D eigenvalue weighted by Crippen LogP contribution is 2.33. The Kier molecular flexibility index (Phi) is 2.31. The molecular weight excluding hydrogens is 225 g/mol. The highest BCUT2D eigenvalue weighted by Gasteiger charge is 2.07. The van der Waals surface area contributed by atoms with Crippen LogP contribution in [0.25, 0.3) is 5.69 Å². The van der Waals surface area contributed by atoms with Crippen molar-refractivity contribution in [2.45, 2.75) is 0 Å². The minimum atomic E-state index is -0.128. The maximum atomic E-state index is 9.32. The summed E-state index contributed by atoms with van der Waals surface area (Å²) in [5.74, 6) is -0.128. The Labute approximate surface area is 89.7 Å². The lowest BCUT2D eigenvalue weighted by molar-refractivity contribution is 0.475. The number of benzene rings is 1. The van der Waals surface area contributed by atoms with Gasteiger partial charge in [0.2, 0.25) is 0 Å². The van der Waals surface area contributed by atoms with Crippen molar-refractivity contribution in [3.05, 3.63) is 34.8 Å². The second-order valence-electron chi connectivity index (χ2n) is 2.60. The molecule has 72 valence electrons. The largest absolute Gasteiger partial charge is 0.505 e. The molecule has 0 unspecified atom stereocenters. The van der Waals surface area contributed by atoms with Crippen LogP contribution in [0.5, 0.6) is 5.75 Å². The monoisotopic (exact) mass is 229 g/mol. The van der Waals surface area contributed by atoms with Crippen LogP contribution in [0.4, 0.5) is 0 Å². The van der Waals surface area contributed by atoms with Gasteiger partial charge < -0.3 is 5.11 Å². The fourth-order valence-corrected chi connectivity index (χ4v) is 1.50. The maximum absolute atomic E-state index is 9.32. The van der Waals surface area contributed by atoms with Gasteiger partial charge in [0.1, 0.15) is 12.7 Å². The molecule has 0 saturated heterocycles. The number of phenolic OH excluding ortho intramolecular Hbond substituents is 1. The van der Waals surface area contributed by atoms with Gasteiger partial charge in [-0.3, -0.25) is 0 Å². The van der Waals surface area contributed by atoms with Crippen LogP contribution in [0.15, 0.2) is 24.8 Å². The van der Waals surface area contributed by atoms with E-state index >= 15 is 0 Å². The number of hydrogen-bond acceptors (Lipinski definition) is 3. The molecule has 1 aromatic heterocycles. The molecule has 4 nitrogen and oxygen atoms in total. The van der Waals surface area contributed by atoms with Gasteiger partial charge in [0.05, 0.1) is 15.7 Å². The lowest BCUT2D eigenvalue weighted by Gasteiger charge is -2.04. The van der Waals surface area contributed by atoms with E-state index in [4.69, 9.17) is 23.2 Å². The average Bonchev–Trinajstić information content (AvgIpc) is 2.66. The van der Waals surface area contributed by atoms with Crippen LogP contribution in [0.2, 0.25) is 10.0 Å². The number of hydrogen-bond donors (Lipinski definition) is 1. The van der Waals surface area contributed by atoms with Gasteiger partial charge in [-0.25, -0.2) is 9.67 Å². The Hall–Kier alpha value is -1.26. The third-order valence-corrected chi connectivity index (χ3v) is 2.26. The number of aromatic nitrogens is 3. The van der Waals surface area contributed by atoms with Crippen LogP contribution >= 0.6 is 23.2 Å². The van der Waals surface area contributed by atoms with Crippen molar-refractivity contribution in [3.63, 3.8) is 0 Å². The molecule has 0 aliphatic carbocycles. The smallest absolute Gasteiger partial charge is 0.152 e. The van der Waals surface area contributed by atoms with Gasteiger partial charge in [-0.15, -0.1) is 0 Å². The number of nitrogens with zero attached hydrogens (tertiary/aromatic N) is 3. The molecule has 14 heavy (non-hydrogen) atoms. The molecule has 0 amide bonds. The summed E-state index contributed by atoms with van der Waals surface area (Å²) in [6.45, 7) is 0. The fourth-order valence-electron chi connectivity index (χ4n) is 1.03. The molecule has 1 N–H and O–H groups in total. The second kappa shape index (κ2) is 3.48. The van der Waals surface area contributed by atoms with E-state index in [0.29, 0.717) is 5.69 Å². The number of phenols is 1. The minimum Gasteiger partial charge on any atom is -0.505 e. The highest BCUT2D eigenvalue weighted by atomic mass is 35.5. The van der Waals surface area contributed by atoms with E-state index < -0.39 is 0 Å². The first kappa shape index (κ1) is 9.30. The molecule has 0 spiro atoms. The zero-order valence-electron chi connectivity index (χ0n) is 6.85. The van der Waals surface area contributed by atoms with Crippen molar-refractivity contribution in [2.75, 3.05) is 0 Å². The molecule has 0 fully saturated rings. The topological polar surface area (TPSA) is 50.9 Å². The molecule has 0 saturated carbocycles. The molecule has 1 heterocycles. The predicted molar refractivity (Wildman–Crippen MR) is 53.0 cm³/mol. The zero-order chi connectivity index (χ0) is 10.1. The quantitative estimate of drug-likeness (QED) is 0.817. The van der Waals surface area contributed by atoms with Crippen molar-refractivity contribution in [1.29, 1.82) is 0 Å². The molecular formula is C8H5Cl2N3O. The van der Waals surface area contributed by atoms with Crippen LogP contribution < -0.4 is 0 Å². The highest BCUT2D eigenvalue weighted by molar-refractivity contribution is 6.37. The average molecular weight is 230 g/mol. The van der Waals surface area contributed by atoms with Crippen LogP contribution in [0.3, 0.4) is 0 Å². The van der Waals surface area contributed by atoms with E-state index in [-0.39, 0.29) is 15.8 Å². The molecule has 6 heteroatoms. The van der Waals surface area contributed by atoms with Crippen molar-refractivity contribution in [1.82, 2.24) is 14.8 Å². The van der Waals surface area contributed by atoms with E-state index in [1.54, 1.807) is 12.1 Å². The van der Waals surface area contributed by atoms with Gasteiger partial charge in [-0.05, 0) is 12.1 Å². The standard InChI is InChI=1S/C8H5Cl2N3O/c9-6-1-5(2-7(10)8(6)14)13-4-11-3-12-13/h1-4,14H. The van der Waals surface area contributed by atoms with E-state index in [1.165, 1.54) is 17.3 Å². The lowest BCUT2D eigenvalue weighted by Crippen LogP contribution is -1.94. The molecule has 0 radical (unpaired) electrons. The van der Waals surface area contributed by atoms with E-state index in [9.17, 15) is 5.11 Å². The summed E-state index contributed by atoms with van der Waals surface area (Å²) < 4.78 is 1.50. The molecule has 2 rings (SSSR count). The third-order valence-electron chi connectivity index (χ3n) is 1.68. The first-order valence-corrected chi connectivity index (χ1v) is 4.47. The molecule has 0 aliphatic rings. The van der Waals surface area contributed by atoms with Crippen LogP contribution in [0.1, 0.15) is 0 Å². The summed E-state index contributed by atoms with van der Waals surface area (Å²) in [5.41, 5.74) is 0.648. The van der Waals surface area contributed by atoms with Gasteiger partial charge in [-0.2, -0.15) is 5.10 Å². The summed E-state index contributed by atoms with van der Waals surface area (Å²) in [6.07, 6.45) is 2.91. The summed E-state index contributed by atoms with van der Waals surface area (Å²) in [7, 11) is 0. The van der Waals surface area contributed by atoms with Gasteiger partial charge in [-0.1, -0.05) is 23.2 Å². The van der Waals surface area contributed by atoms with Crippen LogP contribution in [0, 0.1) is 0 Å². The van der Waals surface area contributed by atoms with Crippen LogP contribution in [-0.4, -0.2) is 19.9 Å². The molecule has 0 atom stereocenters. The van der Waals surface area contributed by atoms with Gasteiger partial charge in [0.15, 0.2) is 5.75 Å². The van der Waals surface area contributed by atoms with Gasteiger partial charge in [0, 0.05) is 0 Å². The summed E-state index contributed by atoms with van der Waals surface area (Å²) in [5, 5.41) is 13.6. The first-order chi connectivity index (χ1) is 6.68. The normalized spacial score (nSPS) is 10.4. The Morgan fingerprint density at radius 3 is 2.36 bits per heavy atom. The molecule has 0 aliphatic heterocycles. The van der Waals surface area contributed by atoms with E-state index in [0.717, 1.165) is 0 Å². The number of rotatable bonds is 1. The van der Waals surface area contributed by atoms with E-state index in [1.807, 2.05) is 0 Å². The summed E-state index contributed by atoms with van der Waals surface area (Å²) in [6, 6.07) is 3.11. The first-order valence-electron chi connectivity index (χ1n) is 3.71. The molecule has 0 bridgehead atoms. The van der Waals surface area contributed by atoms with Crippen molar-refractivity contribution in [3.8, 4) is 11.4 Å². The fraction of sp³-hybridized carbons (Fsp3) is 0. The Bertz CT molecular complexity index is 433. The number of halogens is 2.